The van der Waals surface area contributed by atoms with Crippen molar-refractivity contribution < 1.29 is 13.9 Å². The topological polar surface area (TPSA) is 60.5 Å². The van der Waals surface area contributed by atoms with E-state index in [1.165, 1.54) is 0 Å². The highest BCUT2D eigenvalue weighted by Gasteiger charge is 2.26. The molecule has 0 aromatic carbocycles. The molecule has 24 heavy (non-hydrogen) atoms. The van der Waals surface area contributed by atoms with Crippen LogP contribution < -0.4 is 0 Å². The number of hydrogen-bond acceptors (Lipinski definition) is 4. The molecule has 0 bridgehead atoms. The van der Waals surface area contributed by atoms with Gasteiger partial charge in [-0.2, -0.15) is 5.10 Å². The molecule has 6 nitrogen and oxygen atoms in total. The van der Waals surface area contributed by atoms with Crippen molar-refractivity contribution in [2.75, 3.05) is 13.2 Å². The first-order valence-corrected chi connectivity index (χ1v) is 8.42. The van der Waals surface area contributed by atoms with Gasteiger partial charge in [0.1, 0.15) is 5.76 Å². The molecule has 1 unspecified atom stereocenters. The Labute approximate surface area is 142 Å². The SMILES string of the molecule is CC(C)(C)n1cc(C(=O)N(Cc2ccco2)CC2CCCO2)cn1. The Bertz CT molecular complexity index is 664. The molecule has 1 saturated heterocycles. The van der Waals surface area contributed by atoms with Crippen molar-refractivity contribution >= 4 is 5.91 Å². The Morgan fingerprint density at radius 3 is 2.88 bits per heavy atom. The maximum absolute atomic E-state index is 13.0. The quantitative estimate of drug-likeness (QED) is 0.845. The molecule has 1 aliphatic heterocycles. The van der Waals surface area contributed by atoms with Crippen molar-refractivity contribution in [3.05, 3.63) is 42.1 Å². The van der Waals surface area contributed by atoms with E-state index in [9.17, 15) is 4.79 Å². The molecule has 1 atom stereocenters. The molecule has 1 aliphatic rings. The summed E-state index contributed by atoms with van der Waals surface area (Å²) in [5.74, 6) is 0.724. The van der Waals surface area contributed by atoms with Gasteiger partial charge in [-0.1, -0.05) is 0 Å². The second kappa shape index (κ2) is 6.81. The molecule has 0 aliphatic carbocycles. The minimum Gasteiger partial charge on any atom is -0.467 e. The zero-order valence-corrected chi connectivity index (χ0v) is 14.6. The van der Waals surface area contributed by atoms with Crippen LogP contribution in [0.4, 0.5) is 0 Å². The summed E-state index contributed by atoms with van der Waals surface area (Å²) in [6.45, 7) is 7.95. The molecule has 1 amide bonds. The van der Waals surface area contributed by atoms with E-state index in [0.717, 1.165) is 25.2 Å². The van der Waals surface area contributed by atoms with Gasteiger partial charge in [-0.3, -0.25) is 9.48 Å². The normalized spacial score (nSPS) is 18.0. The molecule has 2 aromatic heterocycles. The molecule has 3 rings (SSSR count). The van der Waals surface area contributed by atoms with Crippen LogP contribution in [0.2, 0.25) is 0 Å². The standard InChI is InChI=1S/C18H25N3O3/c1-18(2,3)21-11-14(10-19-21)17(22)20(12-15-6-4-8-23-15)13-16-7-5-9-24-16/h4,6,8,10-11,16H,5,7,9,12-13H2,1-3H3. The number of hydrogen-bond donors (Lipinski definition) is 0. The van der Waals surface area contributed by atoms with E-state index >= 15 is 0 Å². The van der Waals surface area contributed by atoms with E-state index in [1.54, 1.807) is 17.4 Å². The second-order valence-corrected chi connectivity index (χ2v) is 7.24. The number of ether oxygens (including phenoxy) is 1. The van der Waals surface area contributed by atoms with Gasteiger partial charge in [0.05, 0.1) is 36.2 Å². The molecule has 3 heterocycles. The smallest absolute Gasteiger partial charge is 0.257 e. The maximum Gasteiger partial charge on any atom is 0.257 e. The van der Waals surface area contributed by atoms with Gasteiger partial charge < -0.3 is 14.1 Å². The number of aromatic nitrogens is 2. The van der Waals surface area contributed by atoms with Crippen LogP contribution in [-0.4, -0.2) is 39.8 Å². The minimum absolute atomic E-state index is 0.0441. The molecule has 6 heteroatoms. The summed E-state index contributed by atoms with van der Waals surface area (Å²) < 4.78 is 12.9. The van der Waals surface area contributed by atoms with Crippen LogP contribution in [0.25, 0.3) is 0 Å². The Morgan fingerprint density at radius 1 is 1.46 bits per heavy atom. The molecular formula is C18H25N3O3. The fourth-order valence-corrected chi connectivity index (χ4v) is 2.83. The van der Waals surface area contributed by atoms with E-state index in [4.69, 9.17) is 9.15 Å². The van der Waals surface area contributed by atoms with Crippen molar-refractivity contribution in [3.63, 3.8) is 0 Å². The molecule has 0 N–H and O–H groups in total. The van der Waals surface area contributed by atoms with Gasteiger partial charge in [0.15, 0.2) is 0 Å². The van der Waals surface area contributed by atoms with Crippen LogP contribution in [0, 0.1) is 0 Å². The number of rotatable bonds is 5. The van der Waals surface area contributed by atoms with Gasteiger partial charge in [-0.05, 0) is 45.7 Å². The van der Waals surface area contributed by atoms with E-state index in [1.807, 2.05) is 23.0 Å². The van der Waals surface area contributed by atoms with E-state index in [0.29, 0.717) is 18.7 Å². The zero-order valence-electron chi connectivity index (χ0n) is 14.6. The predicted molar refractivity (Wildman–Crippen MR) is 89.6 cm³/mol. The van der Waals surface area contributed by atoms with Crippen molar-refractivity contribution in [2.45, 2.75) is 51.8 Å². The van der Waals surface area contributed by atoms with Crippen LogP contribution in [0.3, 0.4) is 0 Å². The lowest BCUT2D eigenvalue weighted by Crippen LogP contribution is -2.36. The number of carbonyl (C=O) groups is 1. The fraction of sp³-hybridized carbons (Fsp3) is 0.556. The highest BCUT2D eigenvalue weighted by Crippen LogP contribution is 2.19. The maximum atomic E-state index is 13.0. The first-order valence-electron chi connectivity index (χ1n) is 8.42. The molecule has 1 fully saturated rings. The van der Waals surface area contributed by atoms with Crippen molar-refractivity contribution in [1.82, 2.24) is 14.7 Å². The Hall–Kier alpha value is -2.08. The second-order valence-electron chi connectivity index (χ2n) is 7.24. The average Bonchev–Trinajstić information content (AvgIpc) is 3.27. The lowest BCUT2D eigenvalue weighted by atomic mass is 10.1. The predicted octanol–water partition coefficient (Wildman–Crippen LogP) is 3.05. The summed E-state index contributed by atoms with van der Waals surface area (Å²) in [5.41, 5.74) is 0.438. The number of nitrogens with zero attached hydrogens (tertiary/aromatic N) is 3. The van der Waals surface area contributed by atoms with Gasteiger partial charge >= 0.3 is 0 Å². The van der Waals surface area contributed by atoms with Crippen molar-refractivity contribution in [2.24, 2.45) is 0 Å². The van der Waals surface area contributed by atoms with Crippen LogP contribution in [0.15, 0.2) is 35.2 Å². The third kappa shape index (κ3) is 3.87. The van der Waals surface area contributed by atoms with Crippen LogP contribution in [-0.2, 0) is 16.8 Å². The third-order valence-electron chi connectivity index (χ3n) is 4.18. The van der Waals surface area contributed by atoms with Crippen LogP contribution in [0.5, 0.6) is 0 Å². The highest BCUT2D eigenvalue weighted by atomic mass is 16.5. The fourth-order valence-electron chi connectivity index (χ4n) is 2.83. The van der Waals surface area contributed by atoms with Gasteiger partial charge in [-0.25, -0.2) is 0 Å². The molecule has 0 spiro atoms. The monoisotopic (exact) mass is 331 g/mol. The van der Waals surface area contributed by atoms with Crippen LogP contribution >= 0.6 is 0 Å². The summed E-state index contributed by atoms with van der Waals surface area (Å²) >= 11 is 0. The summed E-state index contributed by atoms with van der Waals surface area (Å²) in [6, 6.07) is 3.72. The Balaban J connectivity index is 1.77. The summed E-state index contributed by atoms with van der Waals surface area (Å²) in [5, 5.41) is 4.33. The zero-order chi connectivity index (χ0) is 17.2. The van der Waals surface area contributed by atoms with Crippen molar-refractivity contribution in [1.29, 1.82) is 0 Å². The van der Waals surface area contributed by atoms with Crippen LogP contribution in [0.1, 0.15) is 49.7 Å². The first kappa shape index (κ1) is 16.8. The Kier molecular flexibility index (Phi) is 4.76. The number of amides is 1. The van der Waals surface area contributed by atoms with Crippen molar-refractivity contribution in [3.8, 4) is 0 Å². The average molecular weight is 331 g/mol. The first-order chi connectivity index (χ1) is 11.4. The van der Waals surface area contributed by atoms with E-state index < -0.39 is 0 Å². The summed E-state index contributed by atoms with van der Waals surface area (Å²) in [7, 11) is 0. The largest absolute Gasteiger partial charge is 0.467 e. The third-order valence-corrected chi connectivity index (χ3v) is 4.18. The van der Waals surface area contributed by atoms with Gasteiger partial charge in [-0.15, -0.1) is 0 Å². The van der Waals surface area contributed by atoms with E-state index in [-0.39, 0.29) is 17.6 Å². The van der Waals surface area contributed by atoms with E-state index in [2.05, 4.69) is 25.9 Å². The number of carbonyl (C=O) groups excluding carboxylic acids is 1. The minimum atomic E-state index is -0.154. The summed E-state index contributed by atoms with van der Waals surface area (Å²) in [4.78, 5) is 14.8. The lowest BCUT2D eigenvalue weighted by molar-refractivity contribution is 0.0491. The highest BCUT2D eigenvalue weighted by molar-refractivity contribution is 5.93. The van der Waals surface area contributed by atoms with Gasteiger partial charge in [0.2, 0.25) is 0 Å². The molecule has 0 saturated carbocycles. The molecule has 0 radical (unpaired) electrons. The Morgan fingerprint density at radius 2 is 2.29 bits per heavy atom. The molecule has 2 aromatic rings. The number of furan rings is 1. The van der Waals surface area contributed by atoms with Gasteiger partial charge in [0, 0.05) is 19.3 Å². The lowest BCUT2D eigenvalue weighted by Gasteiger charge is -2.24. The molecular weight excluding hydrogens is 306 g/mol. The van der Waals surface area contributed by atoms with Gasteiger partial charge in [0.25, 0.3) is 5.91 Å². The molecule has 130 valence electrons. The summed E-state index contributed by atoms with van der Waals surface area (Å²) in [6.07, 6.45) is 7.22.